The number of anilines is 1. The Morgan fingerprint density at radius 3 is 2.97 bits per heavy atom. The number of aromatic nitrogens is 4. The number of hydrogen-bond donors (Lipinski definition) is 2. The molecule has 150 valence electrons. The topological polar surface area (TPSA) is 98.0 Å². The summed E-state index contributed by atoms with van der Waals surface area (Å²) < 4.78 is 0. The fourth-order valence-electron chi connectivity index (χ4n) is 4.80. The Hall–Kier alpha value is -3.16. The van der Waals surface area contributed by atoms with E-state index in [0.717, 1.165) is 48.1 Å². The van der Waals surface area contributed by atoms with Crippen molar-refractivity contribution in [2.45, 2.75) is 31.1 Å². The Bertz CT molecular complexity index is 1160. The minimum atomic E-state index is -0.236. The van der Waals surface area contributed by atoms with E-state index in [1.54, 1.807) is 6.33 Å². The van der Waals surface area contributed by atoms with Crippen LogP contribution in [0.25, 0.3) is 11.0 Å². The number of hydrogen-bond acceptors (Lipinski definition) is 5. The lowest BCUT2D eigenvalue weighted by atomic mass is 9.77. The quantitative estimate of drug-likeness (QED) is 0.693. The van der Waals surface area contributed by atoms with E-state index in [0.29, 0.717) is 24.5 Å². The van der Waals surface area contributed by atoms with Crippen molar-refractivity contribution in [1.29, 1.82) is 0 Å². The summed E-state index contributed by atoms with van der Waals surface area (Å²) in [7, 11) is 3.74. The van der Waals surface area contributed by atoms with Crippen LogP contribution in [0.5, 0.6) is 0 Å². The monoisotopic (exact) mass is 392 g/mol. The second-order valence-electron chi connectivity index (χ2n) is 8.36. The predicted molar refractivity (Wildman–Crippen MR) is 110 cm³/mol. The number of aromatic amines is 2. The third-order valence-electron chi connectivity index (χ3n) is 6.31. The highest BCUT2D eigenvalue weighted by molar-refractivity contribution is 5.97. The molecule has 1 unspecified atom stereocenters. The molecule has 3 heterocycles. The van der Waals surface area contributed by atoms with Gasteiger partial charge in [0, 0.05) is 43.7 Å². The molecule has 1 atom stereocenters. The van der Waals surface area contributed by atoms with Crippen LogP contribution in [0.15, 0.2) is 29.3 Å². The number of H-pyrrole nitrogens is 2. The average molecular weight is 392 g/mol. The third kappa shape index (κ3) is 2.82. The summed E-state index contributed by atoms with van der Waals surface area (Å²) in [6, 6.07) is 5.57. The molecule has 1 aliphatic heterocycles. The maximum atomic E-state index is 13.3. The number of imidazole rings is 1. The van der Waals surface area contributed by atoms with Gasteiger partial charge in [0.2, 0.25) is 5.95 Å². The zero-order valence-electron chi connectivity index (χ0n) is 16.7. The molecule has 1 aliphatic carbocycles. The standard InChI is InChI=1S/C21H24N6O2/c1-26(2)20-24-17-14(18(28)25-20)6-8-21(17)7-3-9-27(11-21)19(29)13-4-5-15-16(10-13)23-12-22-15/h4-5,10,12H,3,6-9,11H2,1-2H3,(H,22,23)(H,24,25,28). The van der Waals surface area contributed by atoms with E-state index in [-0.39, 0.29) is 16.9 Å². The molecular formula is C21H24N6O2. The maximum Gasteiger partial charge on any atom is 0.255 e. The van der Waals surface area contributed by atoms with Crippen LogP contribution >= 0.6 is 0 Å². The number of likely N-dealkylation sites (tertiary alicyclic amines) is 1. The van der Waals surface area contributed by atoms with Crippen LogP contribution in [0.2, 0.25) is 0 Å². The van der Waals surface area contributed by atoms with Gasteiger partial charge in [-0.2, -0.15) is 0 Å². The van der Waals surface area contributed by atoms with E-state index in [9.17, 15) is 9.59 Å². The molecule has 8 nitrogen and oxygen atoms in total. The first kappa shape index (κ1) is 17.9. The van der Waals surface area contributed by atoms with Gasteiger partial charge in [-0.3, -0.25) is 14.6 Å². The summed E-state index contributed by atoms with van der Waals surface area (Å²) in [5, 5.41) is 0. The van der Waals surface area contributed by atoms with Crippen LogP contribution < -0.4 is 10.5 Å². The van der Waals surface area contributed by atoms with Crippen LogP contribution in [0.4, 0.5) is 5.95 Å². The van der Waals surface area contributed by atoms with Gasteiger partial charge in [-0.15, -0.1) is 0 Å². The fourth-order valence-corrected chi connectivity index (χ4v) is 4.80. The Labute approximate surface area is 168 Å². The number of amides is 1. The molecule has 5 rings (SSSR count). The van der Waals surface area contributed by atoms with Gasteiger partial charge < -0.3 is 14.8 Å². The molecule has 2 aromatic heterocycles. The summed E-state index contributed by atoms with van der Waals surface area (Å²) in [5.74, 6) is 0.592. The first-order chi connectivity index (χ1) is 14.0. The molecule has 0 bridgehead atoms. The van der Waals surface area contributed by atoms with Crippen molar-refractivity contribution in [3.63, 3.8) is 0 Å². The summed E-state index contributed by atoms with van der Waals surface area (Å²) >= 11 is 0. The summed E-state index contributed by atoms with van der Waals surface area (Å²) in [6.07, 6.45) is 5.07. The molecule has 8 heteroatoms. The van der Waals surface area contributed by atoms with E-state index in [4.69, 9.17) is 4.98 Å². The number of piperidine rings is 1. The number of rotatable bonds is 2. The van der Waals surface area contributed by atoms with Gasteiger partial charge in [-0.25, -0.2) is 9.97 Å². The van der Waals surface area contributed by atoms with Crippen LogP contribution in [0.3, 0.4) is 0 Å². The van der Waals surface area contributed by atoms with Gasteiger partial charge in [-0.05, 0) is 43.9 Å². The molecule has 1 saturated heterocycles. The van der Waals surface area contributed by atoms with Crippen LogP contribution in [0, 0.1) is 0 Å². The van der Waals surface area contributed by atoms with Crippen molar-refractivity contribution < 1.29 is 4.79 Å². The normalized spacial score (nSPS) is 21.0. The van der Waals surface area contributed by atoms with Crippen molar-refractivity contribution in [3.8, 4) is 0 Å². The lowest BCUT2D eigenvalue weighted by Crippen LogP contribution is -2.48. The highest BCUT2D eigenvalue weighted by Gasteiger charge is 2.45. The van der Waals surface area contributed by atoms with Crippen LogP contribution in [-0.2, 0) is 11.8 Å². The van der Waals surface area contributed by atoms with Crippen molar-refractivity contribution in [2.24, 2.45) is 0 Å². The smallest absolute Gasteiger partial charge is 0.255 e. The molecule has 2 N–H and O–H groups in total. The van der Waals surface area contributed by atoms with Gasteiger partial charge in [0.1, 0.15) is 0 Å². The minimum Gasteiger partial charge on any atom is -0.348 e. The number of fused-ring (bicyclic) bond motifs is 3. The highest BCUT2D eigenvalue weighted by atomic mass is 16.2. The van der Waals surface area contributed by atoms with Gasteiger partial charge in [-0.1, -0.05) is 0 Å². The molecular weight excluding hydrogens is 368 g/mol. The van der Waals surface area contributed by atoms with E-state index in [1.807, 2.05) is 42.1 Å². The Morgan fingerprint density at radius 1 is 1.28 bits per heavy atom. The van der Waals surface area contributed by atoms with Gasteiger partial charge in [0.15, 0.2) is 0 Å². The molecule has 1 amide bonds. The van der Waals surface area contributed by atoms with Crippen molar-refractivity contribution in [3.05, 3.63) is 51.7 Å². The molecule has 29 heavy (non-hydrogen) atoms. The summed E-state index contributed by atoms with van der Waals surface area (Å²) in [6.45, 7) is 1.32. The lowest BCUT2D eigenvalue weighted by molar-refractivity contribution is 0.0633. The number of nitrogens with zero attached hydrogens (tertiary/aromatic N) is 4. The number of nitrogens with one attached hydrogen (secondary N) is 2. The third-order valence-corrected chi connectivity index (χ3v) is 6.31. The molecule has 0 radical (unpaired) electrons. The Kier molecular flexibility index (Phi) is 3.97. The van der Waals surface area contributed by atoms with Gasteiger partial charge >= 0.3 is 0 Å². The first-order valence-electron chi connectivity index (χ1n) is 10.0. The molecule has 1 fully saturated rings. The second-order valence-corrected chi connectivity index (χ2v) is 8.36. The fraction of sp³-hybridized carbons (Fsp3) is 0.429. The van der Waals surface area contributed by atoms with E-state index < -0.39 is 0 Å². The average Bonchev–Trinajstić information content (AvgIpc) is 3.32. The summed E-state index contributed by atoms with van der Waals surface area (Å²) in [5.41, 5.74) is 3.74. The van der Waals surface area contributed by atoms with Gasteiger partial charge in [0.25, 0.3) is 11.5 Å². The first-order valence-corrected chi connectivity index (χ1v) is 10.0. The Morgan fingerprint density at radius 2 is 2.14 bits per heavy atom. The van der Waals surface area contributed by atoms with E-state index in [2.05, 4.69) is 15.0 Å². The van der Waals surface area contributed by atoms with Crippen LogP contribution in [0.1, 0.15) is 40.9 Å². The largest absolute Gasteiger partial charge is 0.348 e. The zero-order valence-corrected chi connectivity index (χ0v) is 16.7. The molecule has 2 aliphatic rings. The predicted octanol–water partition coefficient (Wildman–Crippen LogP) is 1.83. The van der Waals surface area contributed by atoms with Crippen molar-refractivity contribution >= 4 is 22.9 Å². The van der Waals surface area contributed by atoms with E-state index >= 15 is 0 Å². The maximum absolute atomic E-state index is 13.3. The minimum absolute atomic E-state index is 0.0201. The van der Waals surface area contributed by atoms with Crippen molar-refractivity contribution in [2.75, 3.05) is 32.1 Å². The second kappa shape index (κ2) is 6.43. The summed E-state index contributed by atoms with van der Waals surface area (Å²) in [4.78, 5) is 44.6. The lowest BCUT2D eigenvalue weighted by Gasteiger charge is -2.40. The number of carbonyl (C=O) groups excluding carboxylic acids is 1. The number of benzene rings is 1. The van der Waals surface area contributed by atoms with Crippen molar-refractivity contribution in [1.82, 2.24) is 24.8 Å². The molecule has 3 aromatic rings. The zero-order chi connectivity index (χ0) is 20.2. The molecule has 0 saturated carbocycles. The Balaban J connectivity index is 1.49. The highest BCUT2D eigenvalue weighted by Crippen LogP contribution is 2.43. The molecule has 1 spiro atoms. The SMILES string of the molecule is CN(C)c1nc2c(c(=O)[nH]1)CCC21CCCN(C(=O)c2ccc3nc[nH]c3c2)C1. The number of carbonyl (C=O) groups is 1. The molecule has 1 aromatic carbocycles. The van der Waals surface area contributed by atoms with E-state index in [1.165, 1.54) is 0 Å². The van der Waals surface area contributed by atoms with Crippen LogP contribution in [-0.4, -0.2) is 57.9 Å². The van der Waals surface area contributed by atoms with Gasteiger partial charge in [0.05, 0.1) is 23.1 Å².